The summed E-state index contributed by atoms with van der Waals surface area (Å²) in [4.78, 5) is 0. The SMILES string of the molecule is Cc1cc2c(C)[n+](C)c3ccccc3c2cc1C. The van der Waals surface area contributed by atoms with E-state index in [1.54, 1.807) is 0 Å². The van der Waals surface area contributed by atoms with Crippen LogP contribution in [0.3, 0.4) is 0 Å². The summed E-state index contributed by atoms with van der Waals surface area (Å²) in [7, 11) is 2.15. The Bertz CT molecular complexity index is 770. The summed E-state index contributed by atoms with van der Waals surface area (Å²) in [6.45, 7) is 6.57. The van der Waals surface area contributed by atoms with Crippen molar-refractivity contribution in [1.29, 1.82) is 0 Å². The van der Waals surface area contributed by atoms with Crippen molar-refractivity contribution in [2.75, 3.05) is 0 Å². The molecular formula is C17H18N+. The fourth-order valence-electron chi connectivity index (χ4n) is 2.69. The zero-order chi connectivity index (χ0) is 12.9. The number of hydrogen-bond donors (Lipinski definition) is 0. The van der Waals surface area contributed by atoms with Crippen LogP contribution in [-0.4, -0.2) is 0 Å². The van der Waals surface area contributed by atoms with Gasteiger partial charge in [0.25, 0.3) is 0 Å². The molecule has 1 aromatic heterocycles. The predicted octanol–water partition coefficient (Wildman–Crippen LogP) is 3.74. The van der Waals surface area contributed by atoms with E-state index in [9.17, 15) is 0 Å². The molecule has 0 aliphatic heterocycles. The van der Waals surface area contributed by atoms with Gasteiger partial charge in [0.2, 0.25) is 5.52 Å². The Hall–Kier alpha value is -1.89. The van der Waals surface area contributed by atoms with Gasteiger partial charge in [0.1, 0.15) is 7.05 Å². The lowest BCUT2D eigenvalue weighted by molar-refractivity contribution is -0.649. The van der Waals surface area contributed by atoms with Crippen molar-refractivity contribution in [3.63, 3.8) is 0 Å². The molecule has 0 fully saturated rings. The summed E-state index contributed by atoms with van der Waals surface area (Å²) in [6, 6.07) is 13.3. The van der Waals surface area contributed by atoms with Gasteiger partial charge in [0, 0.05) is 23.8 Å². The van der Waals surface area contributed by atoms with Crippen LogP contribution in [0.2, 0.25) is 0 Å². The van der Waals surface area contributed by atoms with Crippen LogP contribution in [-0.2, 0) is 7.05 Å². The third kappa shape index (κ3) is 1.43. The maximum atomic E-state index is 2.32. The zero-order valence-corrected chi connectivity index (χ0v) is 11.4. The highest BCUT2D eigenvalue weighted by Gasteiger charge is 2.15. The van der Waals surface area contributed by atoms with Gasteiger partial charge < -0.3 is 0 Å². The van der Waals surface area contributed by atoms with Crippen molar-refractivity contribution < 1.29 is 4.57 Å². The molecule has 1 heteroatoms. The number of rotatable bonds is 0. The van der Waals surface area contributed by atoms with Crippen molar-refractivity contribution in [3.05, 3.63) is 53.2 Å². The molecule has 0 bridgehead atoms. The Morgan fingerprint density at radius 3 is 2.11 bits per heavy atom. The molecule has 0 aliphatic rings. The van der Waals surface area contributed by atoms with E-state index in [0.29, 0.717) is 0 Å². The molecule has 0 unspecified atom stereocenters. The molecule has 0 spiro atoms. The van der Waals surface area contributed by atoms with Crippen LogP contribution in [0.5, 0.6) is 0 Å². The lowest BCUT2D eigenvalue weighted by atomic mass is 9.98. The van der Waals surface area contributed by atoms with Gasteiger partial charge in [0.05, 0.1) is 5.39 Å². The average molecular weight is 236 g/mol. The van der Waals surface area contributed by atoms with Gasteiger partial charge in [-0.2, -0.15) is 4.57 Å². The van der Waals surface area contributed by atoms with E-state index in [1.807, 2.05) is 0 Å². The van der Waals surface area contributed by atoms with Crippen LogP contribution in [0.15, 0.2) is 36.4 Å². The highest BCUT2D eigenvalue weighted by atomic mass is 14.9. The van der Waals surface area contributed by atoms with Gasteiger partial charge in [0.15, 0.2) is 5.69 Å². The summed E-state index contributed by atoms with van der Waals surface area (Å²) in [6.07, 6.45) is 0. The second-order valence-corrected chi connectivity index (χ2v) is 5.14. The van der Waals surface area contributed by atoms with E-state index in [2.05, 4.69) is 68.8 Å². The molecule has 0 saturated heterocycles. The summed E-state index contributed by atoms with van der Waals surface area (Å²) >= 11 is 0. The lowest BCUT2D eigenvalue weighted by Crippen LogP contribution is -2.33. The van der Waals surface area contributed by atoms with E-state index >= 15 is 0 Å². The fraction of sp³-hybridized carbons (Fsp3) is 0.235. The molecule has 0 N–H and O–H groups in total. The Labute approximate surface area is 108 Å². The number of benzene rings is 2. The molecule has 0 amide bonds. The van der Waals surface area contributed by atoms with Crippen molar-refractivity contribution in [2.24, 2.45) is 7.05 Å². The largest absolute Gasteiger partial charge is 0.213 e. The van der Waals surface area contributed by atoms with E-state index in [1.165, 1.54) is 38.5 Å². The number of aromatic nitrogens is 1. The minimum Gasteiger partial charge on any atom is -0.198 e. The molecule has 90 valence electrons. The number of hydrogen-bond acceptors (Lipinski definition) is 0. The molecule has 0 radical (unpaired) electrons. The number of nitrogens with zero attached hydrogens (tertiary/aromatic N) is 1. The van der Waals surface area contributed by atoms with Gasteiger partial charge in [-0.3, -0.25) is 0 Å². The van der Waals surface area contributed by atoms with Crippen LogP contribution in [0.25, 0.3) is 21.7 Å². The average Bonchev–Trinajstić information content (AvgIpc) is 2.38. The third-order valence-corrected chi connectivity index (χ3v) is 4.08. The topological polar surface area (TPSA) is 3.88 Å². The van der Waals surface area contributed by atoms with Crippen molar-refractivity contribution in [1.82, 2.24) is 0 Å². The molecule has 1 heterocycles. The van der Waals surface area contributed by atoms with E-state index in [-0.39, 0.29) is 0 Å². The maximum Gasteiger partial charge on any atom is 0.213 e. The zero-order valence-electron chi connectivity index (χ0n) is 11.4. The molecule has 0 atom stereocenters. The number of para-hydroxylation sites is 1. The lowest BCUT2D eigenvalue weighted by Gasteiger charge is -2.09. The molecule has 0 aliphatic carbocycles. The van der Waals surface area contributed by atoms with Crippen LogP contribution in [0.1, 0.15) is 16.8 Å². The number of aryl methyl sites for hydroxylation is 4. The Morgan fingerprint density at radius 1 is 0.778 bits per heavy atom. The van der Waals surface area contributed by atoms with Crippen LogP contribution < -0.4 is 4.57 Å². The Kier molecular flexibility index (Phi) is 2.37. The molecule has 1 nitrogen and oxygen atoms in total. The van der Waals surface area contributed by atoms with Gasteiger partial charge >= 0.3 is 0 Å². The smallest absolute Gasteiger partial charge is 0.198 e. The first-order chi connectivity index (χ1) is 8.59. The molecule has 0 saturated carbocycles. The molecule has 18 heavy (non-hydrogen) atoms. The molecule has 3 rings (SSSR count). The monoisotopic (exact) mass is 236 g/mol. The van der Waals surface area contributed by atoms with Gasteiger partial charge in [-0.25, -0.2) is 0 Å². The van der Waals surface area contributed by atoms with Crippen LogP contribution >= 0.6 is 0 Å². The quantitative estimate of drug-likeness (QED) is 0.413. The maximum absolute atomic E-state index is 2.32. The van der Waals surface area contributed by atoms with Gasteiger partial charge in [-0.05, 0) is 37.1 Å². The Morgan fingerprint density at radius 2 is 1.39 bits per heavy atom. The highest BCUT2D eigenvalue weighted by Crippen LogP contribution is 2.27. The minimum absolute atomic E-state index is 1.30. The summed E-state index contributed by atoms with van der Waals surface area (Å²) in [5.41, 5.74) is 5.35. The second kappa shape index (κ2) is 3.81. The van der Waals surface area contributed by atoms with Crippen molar-refractivity contribution in [2.45, 2.75) is 20.8 Å². The first-order valence-electron chi connectivity index (χ1n) is 6.38. The van der Waals surface area contributed by atoms with Crippen LogP contribution in [0.4, 0.5) is 0 Å². The first-order valence-corrected chi connectivity index (χ1v) is 6.38. The summed E-state index contributed by atoms with van der Waals surface area (Å²) in [5.74, 6) is 0. The fourth-order valence-corrected chi connectivity index (χ4v) is 2.69. The van der Waals surface area contributed by atoms with Crippen molar-refractivity contribution in [3.8, 4) is 0 Å². The minimum atomic E-state index is 1.30. The summed E-state index contributed by atoms with van der Waals surface area (Å²) in [5, 5.41) is 4.06. The highest BCUT2D eigenvalue weighted by molar-refractivity contribution is 6.05. The third-order valence-electron chi connectivity index (χ3n) is 4.08. The normalized spacial score (nSPS) is 11.3. The van der Waals surface area contributed by atoms with E-state index in [0.717, 1.165) is 0 Å². The molecule has 3 aromatic rings. The number of fused-ring (bicyclic) bond motifs is 3. The second-order valence-electron chi connectivity index (χ2n) is 5.14. The van der Waals surface area contributed by atoms with Gasteiger partial charge in [-0.1, -0.05) is 18.2 Å². The van der Waals surface area contributed by atoms with Crippen molar-refractivity contribution >= 4 is 21.7 Å². The van der Waals surface area contributed by atoms with Crippen LogP contribution in [0, 0.1) is 20.8 Å². The van der Waals surface area contributed by atoms with E-state index < -0.39 is 0 Å². The summed E-state index contributed by atoms with van der Waals surface area (Å²) < 4.78 is 2.28. The Balaban J connectivity index is 2.65. The van der Waals surface area contributed by atoms with E-state index in [4.69, 9.17) is 0 Å². The molecule has 2 aromatic carbocycles. The first kappa shape index (κ1) is 11.2. The molecular weight excluding hydrogens is 218 g/mol. The number of pyridine rings is 1. The predicted molar refractivity (Wildman–Crippen MR) is 76.8 cm³/mol. The standard InChI is InChI=1S/C17H18N/c1-11-9-15-13(3)18(4)17-8-6-5-7-14(17)16(15)10-12(11)2/h5-10H,1-4H3/q+1. The van der Waals surface area contributed by atoms with Gasteiger partial charge in [-0.15, -0.1) is 0 Å².